The predicted molar refractivity (Wildman–Crippen MR) is 123 cm³/mol. The Kier molecular flexibility index (Phi) is 5.80. The molecule has 164 valence electrons. The molecule has 0 saturated heterocycles. The molecule has 3 N–H and O–H groups in total. The van der Waals surface area contributed by atoms with Gasteiger partial charge in [0.1, 0.15) is 11.6 Å². The number of hydrogen-bond acceptors (Lipinski definition) is 9. The molecule has 0 unspecified atom stereocenters. The fourth-order valence-corrected chi connectivity index (χ4v) is 3.37. The third-order valence-electron chi connectivity index (χ3n) is 4.94. The SMILES string of the molecule is COc1ccc2cc(Nc3nc(N)ncc3-c3cc(OC)c(OC)c(OC)c3)cnc2c1. The number of nitrogen functional groups attached to an aromatic ring is 1. The van der Waals surface area contributed by atoms with Crippen molar-refractivity contribution in [3.8, 4) is 34.1 Å². The number of benzene rings is 2. The van der Waals surface area contributed by atoms with Crippen molar-refractivity contribution >= 4 is 28.4 Å². The number of ether oxygens (including phenoxy) is 4. The highest BCUT2D eigenvalue weighted by Gasteiger charge is 2.17. The molecule has 9 nitrogen and oxygen atoms in total. The van der Waals surface area contributed by atoms with Crippen LogP contribution in [-0.4, -0.2) is 43.4 Å². The molecule has 0 spiro atoms. The van der Waals surface area contributed by atoms with E-state index in [1.54, 1.807) is 40.8 Å². The molecule has 0 bridgehead atoms. The number of aromatic nitrogens is 3. The summed E-state index contributed by atoms with van der Waals surface area (Å²) in [6.07, 6.45) is 3.36. The van der Waals surface area contributed by atoms with Crippen molar-refractivity contribution in [2.24, 2.45) is 0 Å². The van der Waals surface area contributed by atoms with Gasteiger partial charge >= 0.3 is 0 Å². The number of anilines is 3. The van der Waals surface area contributed by atoms with Crippen LogP contribution in [0.15, 0.2) is 48.8 Å². The highest BCUT2D eigenvalue weighted by molar-refractivity contribution is 5.86. The van der Waals surface area contributed by atoms with Gasteiger partial charge in [-0.1, -0.05) is 0 Å². The third-order valence-corrected chi connectivity index (χ3v) is 4.94. The first-order valence-electron chi connectivity index (χ1n) is 9.70. The van der Waals surface area contributed by atoms with E-state index in [4.69, 9.17) is 24.7 Å². The number of pyridine rings is 1. The van der Waals surface area contributed by atoms with Crippen LogP contribution in [-0.2, 0) is 0 Å². The maximum Gasteiger partial charge on any atom is 0.221 e. The van der Waals surface area contributed by atoms with E-state index in [0.717, 1.165) is 27.9 Å². The van der Waals surface area contributed by atoms with Gasteiger partial charge in [-0.15, -0.1) is 0 Å². The molecule has 0 radical (unpaired) electrons. The van der Waals surface area contributed by atoms with Crippen LogP contribution >= 0.6 is 0 Å². The summed E-state index contributed by atoms with van der Waals surface area (Å²) in [7, 11) is 6.31. The number of nitrogens with zero attached hydrogens (tertiary/aromatic N) is 3. The predicted octanol–water partition coefficient (Wildman–Crippen LogP) is 4.05. The molecule has 4 aromatic rings. The van der Waals surface area contributed by atoms with Gasteiger partial charge in [-0.3, -0.25) is 4.98 Å². The maximum absolute atomic E-state index is 5.88. The van der Waals surface area contributed by atoms with Crippen LogP contribution < -0.4 is 30.0 Å². The number of nitrogens with one attached hydrogen (secondary N) is 1. The zero-order valence-corrected chi connectivity index (χ0v) is 18.2. The number of fused-ring (bicyclic) bond motifs is 1. The van der Waals surface area contributed by atoms with E-state index in [0.29, 0.717) is 28.6 Å². The summed E-state index contributed by atoms with van der Waals surface area (Å²) in [4.78, 5) is 13.1. The first-order valence-corrected chi connectivity index (χ1v) is 9.70. The molecule has 0 amide bonds. The first kappa shape index (κ1) is 21.0. The van der Waals surface area contributed by atoms with Gasteiger partial charge in [0.15, 0.2) is 11.5 Å². The molecule has 4 rings (SSSR count). The van der Waals surface area contributed by atoms with Crippen LogP contribution in [0.25, 0.3) is 22.0 Å². The second-order valence-electron chi connectivity index (χ2n) is 6.81. The van der Waals surface area contributed by atoms with Crippen LogP contribution in [0.1, 0.15) is 0 Å². The van der Waals surface area contributed by atoms with Crippen LogP contribution in [0.4, 0.5) is 17.5 Å². The molecule has 0 fully saturated rings. The molecule has 0 aliphatic carbocycles. The van der Waals surface area contributed by atoms with Gasteiger partial charge in [0.2, 0.25) is 11.7 Å². The Balaban J connectivity index is 1.77. The Bertz CT molecular complexity index is 1250. The lowest BCUT2D eigenvalue weighted by molar-refractivity contribution is 0.324. The minimum absolute atomic E-state index is 0.141. The molecule has 0 aliphatic rings. The summed E-state index contributed by atoms with van der Waals surface area (Å²) in [5, 5.41) is 4.25. The molecular weight excluding hydrogens is 410 g/mol. The Morgan fingerprint density at radius 3 is 2.22 bits per heavy atom. The van der Waals surface area contributed by atoms with Gasteiger partial charge in [0, 0.05) is 23.2 Å². The van der Waals surface area contributed by atoms with Crippen LogP contribution in [0.5, 0.6) is 23.0 Å². The van der Waals surface area contributed by atoms with Crippen LogP contribution in [0.2, 0.25) is 0 Å². The van der Waals surface area contributed by atoms with E-state index in [9.17, 15) is 0 Å². The number of methoxy groups -OCH3 is 4. The molecule has 2 aromatic carbocycles. The summed E-state index contributed by atoms with van der Waals surface area (Å²) in [5.74, 6) is 2.94. The summed E-state index contributed by atoms with van der Waals surface area (Å²) >= 11 is 0. The summed E-state index contributed by atoms with van der Waals surface area (Å²) in [6.45, 7) is 0. The number of hydrogen-bond donors (Lipinski definition) is 2. The van der Waals surface area contributed by atoms with Crippen LogP contribution in [0, 0.1) is 0 Å². The minimum atomic E-state index is 0.141. The summed E-state index contributed by atoms with van der Waals surface area (Å²) in [5.41, 5.74) is 8.91. The molecule has 9 heteroatoms. The van der Waals surface area contributed by atoms with E-state index < -0.39 is 0 Å². The Hall–Kier alpha value is -4.27. The molecule has 0 atom stereocenters. The third kappa shape index (κ3) is 4.00. The minimum Gasteiger partial charge on any atom is -0.497 e. The smallest absolute Gasteiger partial charge is 0.221 e. The topological polar surface area (TPSA) is 114 Å². The van der Waals surface area contributed by atoms with Crippen molar-refractivity contribution < 1.29 is 18.9 Å². The largest absolute Gasteiger partial charge is 0.497 e. The number of rotatable bonds is 7. The lowest BCUT2D eigenvalue weighted by Crippen LogP contribution is -2.03. The zero-order chi connectivity index (χ0) is 22.7. The summed E-state index contributed by atoms with van der Waals surface area (Å²) in [6, 6.07) is 11.3. The molecule has 2 heterocycles. The van der Waals surface area contributed by atoms with Crippen molar-refractivity contribution in [3.05, 3.63) is 48.8 Å². The van der Waals surface area contributed by atoms with Crippen molar-refractivity contribution in [1.29, 1.82) is 0 Å². The molecule has 0 aliphatic heterocycles. The van der Waals surface area contributed by atoms with E-state index in [-0.39, 0.29) is 5.95 Å². The molecular formula is C23H23N5O4. The fraction of sp³-hybridized carbons (Fsp3) is 0.174. The molecule has 32 heavy (non-hydrogen) atoms. The lowest BCUT2D eigenvalue weighted by atomic mass is 10.1. The Morgan fingerprint density at radius 2 is 1.56 bits per heavy atom. The van der Waals surface area contributed by atoms with Gasteiger partial charge in [-0.2, -0.15) is 4.98 Å². The van der Waals surface area contributed by atoms with E-state index >= 15 is 0 Å². The van der Waals surface area contributed by atoms with Gasteiger partial charge in [0.05, 0.1) is 45.8 Å². The Labute approximate surface area is 185 Å². The van der Waals surface area contributed by atoms with E-state index in [1.807, 2.05) is 36.4 Å². The van der Waals surface area contributed by atoms with Crippen LogP contribution in [0.3, 0.4) is 0 Å². The lowest BCUT2D eigenvalue weighted by Gasteiger charge is -2.16. The number of nitrogens with two attached hydrogens (primary N) is 1. The average molecular weight is 433 g/mol. The normalized spacial score (nSPS) is 10.6. The highest BCUT2D eigenvalue weighted by atomic mass is 16.5. The van der Waals surface area contributed by atoms with Gasteiger partial charge in [-0.05, 0) is 35.9 Å². The van der Waals surface area contributed by atoms with Crippen molar-refractivity contribution in [3.63, 3.8) is 0 Å². The zero-order valence-electron chi connectivity index (χ0n) is 18.2. The van der Waals surface area contributed by atoms with Crippen molar-refractivity contribution in [1.82, 2.24) is 15.0 Å². The highest BCUT2D eigenvalue weighted by Crippen LogP contribution is 2.42. The van der Waals surface area contributed by atoms with Gasteiger partial charge in [0.25, 0.3) is 0 Å². The monoisotopic (exact) mass is 433 g/mol. The van der Waals surface area contributed by atoms with Crippen molar-refractivity contribution in [2.75, 3.05) is 39.5 Å². The average Bonchev–Trinajstić information content (AvgIpc) is 2.82. The Morgan fingerprint density at radius 1 is 0.812 bits per heavy atom. The second kappa shape index (κ2) is 8.84. The second-order valence-corrected chi connectivity index (χ2v) is 6.81. The van der Waals surface area contributed by atoms with Gasteiger partial charge < -0.3 is 30.0 Å². The van der Waals surface area contributed by atoms with E-state index in [1.165, 1.54) is 0 Å². The van der Waals surface area contributed by atoms with E-state index in [2.05, 4.69) is 20.3 Å². The fourth-order valence-electron chi connectivity index (χ4n) is 3.37. The quantitative estimate of drug-likeness (QED) is 0.445. The first-order chi connectivity index (χ1) is 15.6. The maximum atomic E-state index is 5.88. The summed E-state index contributed by atoms with van der Waals surface area (Å²) < 4.78 is 21.6. The van der Waals surface area contributed by atoms with Crippen molar-refractivity contribution in [2.45, 2.75) is 0 Å². The standard InChI is InChI=1S/C23H23N5O4/c1-29-16-6-5-13-7-15(11-25-18(13)10-16)27-22-17(12-26-23(24)28-22)14-8-19(30-2)21(32-4)20(9-14)31-3/h5-12H,1-4H3,(H3,24,26,27,28). The molecule has 0 saturated carbocycles. The molecule has 2 aromatic heterocycles. The van der Waals surface area contributed by atoms with Gasteiger partial charge in [-0.25, -0.2) is 4.98 Å².